The molecule has 0 saturated heterocycles. The van der Waals surface area contributed by atoms with Gasteiger partial charge in [0, 0.05) is 5.92 Å². The highest BCUT2D eigenvalue weighted by molar-refractivity contribution is 5.92. The lowest BCUT2D eigenvalue weighted by Gasteiger charge is -2.37. The van der Waals surface area contributed by atoms with Gasteiger partial charge in [-0.3, -0.25) is 0 Å². The van der Waals surface area contributed by atoms with Crippen LogP contribution >= 0.6 is 0 Å². The number of hydrogen-bond acceptors (Lipinski definition) is 5. The molecule has 0 amide bonds. The fourth-order valence-corrected chi connectivity index (χ4v) is 2.87. The van der Waals surface area contributed by atoms with Gasteiger partial charge in [-0.2, -0.15) is 5.26 Å². The van der Waals surface area contributed by atoms with Crippen LogP contribution in [-0.4, -0.2) is 12.1 Å². The average Bonchev–Trinajstić information content (AvgIpc) is 2.46. The molecule has 0 aromatic rings. The first kappa shape index (κ1) is 12.5. The van der Waals surface area contributed by atoms with E-state index < -0.39 is 5.97 Å². The molecule has 5 nitrogen and oxygen atoms in total. The molecule has 2 heterocycles. The minimum Gasteiger partial charge on any atom is -0.454 e. The molecule has 102 valence electrons. The van der Waals surface area contributed by atoms with Gasteiger partial charge in [0.15, 0.2) is 0 Å². The number of rotatable bonds is 1. The summed E-state index contributed by atoms with van der Waals surface area (Å²) >= 11 is 0. The van der Waals surface area contributed by atoms with Crippen LogP contribution in [0.2, 0.25) is 0 Å². The van der Waals surface area contributed by atoms with Crippen molar-refractivity contribution < 1.29 is 14.3 Å². The van der Waals surface area contributed by atoms with E-state index in [0.29, 0.717) is 23.3 Å². The number of esters is 1. The third kappa shape index (κ3) is 1.65. The van der Waals surface area contributed by atoms with Gasteiger partial charge in [0.1, 0.15) is 17.9 Å². The lowest BCUT2D eigenvalue weighted by molar-refractivity contribution is -0.147. The highest BCUT2D eigenvalue weighted by Crippen LogP contribution is 2.42. The fraction of sp³-hybridized carbons (Fsp3) is 0.333. The molecule has 20 heavy (non-hydrogen) atoms. The molecule has 0 bridgehead atoms. The summed E-state index contributed by atoms with van der Waals surface area (Å²) in [6, 6.07) is 2.04. The van der Waals surface area contributed by atoms with Gasteiger partial charge in [-0.05, 0) is 12.5 Å². The lowest BCUT2D eigenvalue weighted by Crippen LogP contribution is -2.39. The third-order valence-corrected chi connectivity index (χ3v) is 3.83. The number of nitrogens with zero attached hydrogens (tertiary/aromatic N) is 1. The van der Waals surface area contributed by atoms with Gasteiger partial charge >= 0.3 is 5.97 Å². The zero-order chi connectivity index (χ0) is 14.3. The maximum absolute atomic E-state index is 12.2. The van der Waals surface area contributed by atoms with Gasteiger partial charge in [-0.25, -0.2) is 4.79 Å². The first-order valence-corrected chi connectivity index (χ1v) is 6.55. The van der Waals surface area contributed by atoms with Crippen LogP contribution in [-0.2, 0) is 14.3 Å². The Morgan fingerprint density at radius 1 is 1.40 bits per heavy atom. The van der Waals surface area contributed by atoms with Gasteiger partial charge < -0.3 is 15.2 Å². The summed E-state index contributed by atoms with van der Waals surface area (Å²) in [6.07, 6.45) is 7.69. The van der Waals surface area contributed by atoms with Crippen LogP contribution in [0.3, 0.4) is 0 Å². The van der Waals surface area contributed by atoms with Crippen molar-refractivity contribution in [1.29, 1.82) is 5.26 Å². The van der Waals surface area contributed by atoms with Crippen molar-refractivity contribution in [2.45, 2.75) is 19.4 Å². The summed E-state index contributed by atoms with van der Waals surface area (Å²) in [5, 5.41) is 9.20. The second-order valence-corrected chi connectivity index (χ2v) is 4.90. The van der Waals surface area contributed by atoms with E-state index in [9.17, 15) is 10.1 Å². The van der Waals surface area contributed by atoms with Crippen molar-refractivity contribution >= 4 is 5.97 Å². The largest absolute Gasteiger partial charge is 0.454 e. The van der Waals surface area contributed by atoms with E-state index in [0.717, 1.165) is 0 Å². The topological polar surface area (TPSA) is 85.3 Å². The molecule has 0 saturated carbocycles. The van der Waals surface area contributed by atoms with Crippen LogP contribution in [0.5, 0.6) is 0 Å². The lowest BCUT2D eigenvalue weighted by atomic mass is 9.80. The van der Waals surface area contributed by atoms with Crippen LogP contribution in [0.4, 0.5) is 0 Å². The van der Waals surface area contributed by atoms with E-state index in [1.807, 2.05) is 37.3 Å². The number of allylic oxidation sites excluding steroid dienone is 3. The number of ether oxygens (including phenoxy) is 2. The van der Waals surface area contributed by atoms with Crippen molar-refractivity contribution in [2.75, 3.05) is 0 Å². The predicted molar refractivity (Wildman–Crippen MR) is 70.4 cm³/mol. The van der Waals surface area contributed by atoms with Gasteiger partial charge in [-0.1, -0.05) is 25.2 Å². The number of nitrogens with two attached hydrogens (primary N) is 1. The number of carbonyl (C=O) groups is 1. The van der Waals surface area contributed by atoms with E-state index in [2.05, 4.69) is 0 Å². The zero-order valence-electron chi connectivity index (χ0n) is 11.0. The minimum atomic E-state index is -0.423. The van der Waals surface area contributed by atoms with E-state index in [1.165, 1.54) is 0 Å². The van der Waals surface area contributed by atoms with Crippen molar-refractivity contribution in [1.82, 2.24) is 0 Å². The van der Waals surface area contributed by atoms with Crippen LogP contribution in [0.15, 0.2) is 47.1 Å². The Morgan fingerprint density at radius 2 is 2.15 bits per heavy atom. The summed E-state index contributed by atoms with van der Waals surface area (Å²) in [5.41, 5.74) is 6.57. The van der Waals surface area contributed by atoms with Gasteiger partial charge in [0.05, 0.1) is 17.1 Å². The molecule has 0 radical (unpaired) electrons. The Hall–Kier alpha value is -2.48. The SMILES string of the molecule is CC[C@@H]1C(C#N)=C(N)OC2=C1C(=O)O[C@@H]1C=CC=C[C@@H]21. The molecular formula is C15H14N2O3. The molecule has 0 aromatic carbocycles. The standard InChI is InChI=1S/C15H14N2O3/c1-2-8-10(7-16)14(17)20-13-9-5-3-4-6-11(9)19-15(18)12(8)13/h3-6,8-9,11H,2,17H2,1H3/t8-,9-,11-/m1/s1. The Labute approximate surface area is 116 Å². The quantitative estimate of drug-likeness (QED) is 0.732. The monoisotopic (exact) mass is 270 g/mol. The molecule has 0 aromatic heterocycles. The number of fused-ring (bicyclic) bond motifs is 2. The molecule has 3 atom stereocenters. The van der Waals surface area contributed by atoms with Crippen molar-refractivity contribution in [3.8, 4) is 6.07 Å². The van der Waals surface area contributed by atoms with Crippen molar-refractivity contribution in [3.63, 3.8) is 0 Å². The molecule has 0 fully saturated rings. The van der Waals surface area contributed by atoms with Crippen molar-refractivity contribution in [3.05, 3.63) is 47.1 Å². The molecule has 5 heteroatoms. The third-order valence-electron chi connectivity index (χ3n) is 3.83. The average molecular weight is 270 g/mol. The number of hydrogen-bond donors (Lipinski definition) is 1. The summed E-state index contributed by atoms with van der Waals surface area (Å²) in [7, 11) is 0. The maximum atomic E-state index is 12.2. The summed E-state index contributed by atoms with van der Waals surface area (Å²) in [6.45, 7) is 1.90. The maximum Gasteiger partial charge on any atom is 0.338 e. The van der Waals surface area contributed by atoms with Gasteiger partial charge in [0.25, 0.3) is 0 Å². The smallest absolute Gasteiger partial charge is 0.338 e. The van der Waals surface area contributed by atoms with Crippen LogP contribution in [0, 0.1) is 23.2 Å². The number of carbonyl (C=O) groups excluding carboxylic acids is 1. The van der Waals surface area contributed by atoms with Crippen LogP contribution in [0.25, 0.3) is 0 Å². The normalized spacial score (nSPS) is 31.2. The first-order valence-electron chi connectivity index (χ1n) is 6.55. The van der Waals surface area contributed by atoms with E-state index in [4.69, 9.17) is 15.2 Å². The molecule has 3 rings (SSSR count). The zero-order valence-corrected chi connectivity index (χ0v) is 11.0. The molecule has 2 aliphatic heterocycles. The highest BCUT2D eigenvalue weighted by Gasteiger charge is 2.44. The summed E-state index contributed by atoms with van der Waals surface area (Å²) in [4.78, 5) is 12.2. The predicted octanol–water partition coefficient (Wildman–Crippen LogP) is 1.66. The second-order valence-electron chi connectivity index (χ2n) is 4.90. The summed E-state index contributed by atoms with van der Waals surface area (Å²) in [5.74, 6) is -0.324. The molecule has 0 unspecified atom stereocenters. The van der Waals surface area contributed by atoms with E-state index in [-0.39, 0.29) is 23.8 Å². The molecule has 2 N–H and O–H groups in total. The van der Waals surface area contributed by atoms with Crippen LogP contribution in [0.1, 0.15) is 13.3 Å². The first-order chi connectivity index (χ1) is 9.67. The van der Waals surface area contributed by atoms with E-state index >= 15 is 0 Å². The Balaban J connectivity index is 2.11. The molecule has 1 aliphatic carbocycles. The Morgan fingerprint density at radius 3 is 2.85 bits per heavy atom. The summed E-state index contributed by atoms with van der Waals surface area (Å²) < 4.78 is 11.0. The highest BCUT2D eigenvalue weighted by atomic mass is 16.6. The Kier molecular flexibility index (Phi) is 2.87. The van der Waals surface area contributed by atoms with Gasteiger partial charge in [0.2, 0.25) is 5.88 Å². The Bertz CT molecular complexity index is 634. The fourth-order valence-electron chi connectivity index (χ4n) is 2.87. The van der Waals surface area contributed by atoms with E-state index in [1.54, 1.807) is 0 Å². The molecule has 0 spiro atoms. The van der Waals surface area contributed by atoms with Gasteiger partial charge in [-0.15, -0.1) is 0 Å². The molecular weight excluding hydrogens is 256 g/mol. The molecule has 3 aliphatic rings. The number of nitriles is 1. The van der Waals surface area contributed by atoms with Crippen molar-refractivity contribution in [2.24, 2.45) is 17.6 Å². The second kappa shape index (κ2) is 4.57. The van der Waals surface area contributed by atoms with Crippen LogP contribution < -0.4 is 5.73 Å². The minimum absolute atomic E-state index is 0.0921.